The van der Waals surface area contributed by atoms with Crippen LogP contribution in [0, 0.1) is 31.6 Å². The van der Waals surface area contributed by atoms with Crippen LogP contribution in [0.3, 0.4) is 0 Å². The van der Waals surface area contributed by atoms with Crippen molar-refractivity contribution in [3.8, 4) is 0 Å². The summed E-state index contributed by atoms with van der Waals surface area (Å²) < 4.78 is 26.4. The van der Waals surface area contributed by atoms with E-state index in [9.17, 15) is 18.4 Å². The molecule has 0 spiro atoms. The second-order valence-electron chi connectivity index (χ2n) is 11.1. The maximum Gasteiger partial charge on any atom is 0.257 e. The fourth-order valence-electron chi connectivity index (χ4n) is 6.26. The van der Waals surface area contributed by atoms with Gasteiger partial charge in [-0.1, -0.05) is 30.3 Å². The first-order chi connectivity index (χ1) is 17.7. The molecule has 2 aliphatic heterocycles. The molecule has 2 amide bonds. The Bertz CT molecular complexity index is 1100. The third kappa shape index (κ3) is 5.81. The fraction of sp³-hybridized carbons (Fsp3) is 0.571. The zero-order valence-corrected chi connectivity index (χ0v) is 21.5. The predicted octanol–water partition coefficient (Wildman–Crippen LogP) is 3.78. The second-order valence-corrected chi connectivity index (χ2v) is 11.1. The van der Waals surface area contributed by atoms with E-state index in [2.05, 4.69) is 20.2 Å². The number of benzene rings is 1. The van der Waals surface area contributed by atoms with Crippen LogP contribution in [-0.2, 0) is 4.79 Å². The minimum Gasteiger partial charge on any atom is -0.349 e. The first kappa shape index (κ1) is 25.7. The summed E-state index contributed by atoms with van der Waals surface area (Å²) in [6.07, 6.45) is 2.02. The normalized spacial score (nSPS) is 23.9. The van der Waals surface area contributed by atoms with E-state index in [4.69, 9.17) is 0 Å². The van der Waals surface area contributed by atoms with Crippen LogP contribution in [0.25, 0.3) is 0 Å². The van der Waals surface area contributed by atoms with Gasteiger partial charge in [-0.3, -0.25) is 9.59 Å². The molecule has 1 N–H and O–H groups in total. The third-order valence-electron chi connectivity index (χ3n) is 8.21. The van der Waals surface area contributed by atoms with Crippen LogP contribution in [0.4, 0.5) is 8.78 Å². The molecule has 1 aliphatic carbocycles. The van der Waals surface area contributed by atoms with Crippen molar-refractivity contribution in [3.05, 3.63) is 59.2 Å². The van der Waals surface area contributed by atoms with E-state index in [0.717, 1.165) is 56.1 Å². The zero-order valence-electron chi connectivity index (χ0n) is 21.5. The van der Waals surface area contributed by atoms with Crippen molar-refractivity contribution in [1.29, 1.82) is 0 Å². The number of aromatic nitrogens is 2. The van der Waals surface area contributed by atoms with E-state index in [1.165, 1.54) is 6.33 Å². The van der Waals surface area contributed by atoms with Crippen LogP contribution < -0.4 is 5.32 Å². The van der Waals surface area contributed by atoms with Crippen molar-refractivity contribution < 1.29 is 18.4 Å². The molecule has 37 heavy (non-hydrogen) atoms. The van der Waals surface area contributed by atoms with E-state index in [1.807, 2.05) is 49.1 Å². The molecule has 0 bridgehead atoms. The molecule has 0 unspecified atom stereocenters. The number of halogens is 2. The lowest BCUT2D eigenvalue weighted by atomic mass is 9.79. The molecular formula is C28H35F2N5O2. The molecule has 2 saturated heterocycles. The van der Waals surface area contributed by atoms with Crippen molar-refractivity contribution >= 4 is 11.8 Å². The lowest BCUT2D eigenvalue weighted by molar-refractivity contribution is -0.134. The molecule has 7 nitrogen and oxygen atoms in total. The lowest BCUT2D eigenvalue weighted by Gasteiger charge is -2.34. The van der Waals surface area contributed by atoms with E-state index >= 15 is 0 Å². The molecule has 1 aromatic heterocycles. The average Bonchev–Trinajstić information content (AvgIpc) is 3.40. The second kappa shape index (κ2) is 10.4. The number of hydrogen-bond acceptors (Lipinski definition) is 5. The van der Waals surface area contributed by atoms with Gasteiger partial charge in [-0.25, -0.2) is 18.7 Å². The van der Waals surface area contributed by atoms with Crippen molar-refractivity contribution in [3.63, 3.8) is 0 Å². The molecule has 3 heterocycles. The average molecular weight is 512 g/mol. The topological polar surface area (TPSA) is 78.4 Å². The maximum absolute atomic E-state index is 13.2. The third-order valence-corrected chi connectivity index (χ3v) is 8.21. The fourth-order valence-corrected chi connectivity index (χ4v) is 6.26. The maximum atomic E-state index is 13.2. The molecular weight excluding hydrogens is 476 g/mol. The summed E-state index contributed by atoms with van der Waals surface area (Å²) >= 11 is 0. The largest absolute Gasteiger partial charge is 0.349 e. The van der Waals surface area contributed by atoms with Crippen molar-refractivity contribution in [2.24, 2.45) is 17.8 Å². The number of nitrogens with one attached hydrogen (secondary N) is 1. The van der Waals surface area contributed by atoms with Gasteiger partial charge >= 0.3 is 0 Å². The van der Waals surface area contributed by atoms with Crippen LogP contribution >= 0.6 is 0 Å². The number of alkyl halides is 2. The Kier molecular flexibility index (Phi) is 7.25. The highest BCUT2D eigenvalue weighted by atomic mass is 19.3. The minimum absolute atomic E-state index is 0.0210. The zero-order chi connectivity index (χ0) is 26.2. The summed E-state index contributed by atoms with van der Waals surface area (Å²) in [6.45, 7) is 7.84. The van der Waals surface area contributed by atoms with Crippen LogP contribution in [0.2, 0.25) is 0 Å². The van der Waals surface area contributed by atoms with Crippen molar-refractivity contribution in [2.75, 3.05) is 32.7 Å². The van der Waals surface area contributed by atoms with Gasteiger partial charge < -0.3 is 15.1 Å². The van der Waals surface area contributed by atoms with E-state index in [-0.39, 0.29) is 43.0 Å². The highest BCUT2D eigenvalue weighted by Gasteiger charge is 2.46. The van der Waals surface area contributed by atoms with Gasteiger partial charge in [-0.05, 0) is 43.6 Å². The van der Waals surface area contributed by atoms with Gasteiger partial charge in [0.2, 0.25) is 11.8 Å². The van der Waals surface area contributed by atoms with Gasteiger partial charge in [-0.2, -0.15) is 0 Å². The first-order valence-electron chi connectivity index (χ1n) is 13.2. The number of carbonyl (C=O) groups excluding carboxylic acids is 2. The summed E-state index contributed by atoms with van der Waals surface area (Å²) in [5, 5.41) is 3.11. The molecule has 3 fully saturated rings. The molecule has 198 valence electrons. The number of hydrogen-bond donors (Lipinski definition) is 1. The van der Waals surface area contributed by atoms with E-state index in [1.54, 1.807) is 0 Å². The van der Waals surface area contributed by atoms with Crippen LogP contribution in [0.5, 0.6) is 0 Å². The van der Waals surface area contributed by atoms with Crippen LogP contribution in [-0.4, -0.2) is 70.2 Å². The summed E-state index contributed by atoms with van der Waals surface area (Å²) in [5.74, 6) is -2.11. The van der Waals surface area contributed by atoms with Gasteiger partial charge in [0.25, 0.3) is 5.91 Å². The Morgan fingerprint density at radius 3 is 2.24 bits per heavy atom. The minimum atomic E-state index is -2.61. The number of nitrogens with zero attached hydrogens (tertiary/aromatic N) is 4. The molecule has 3 atom stereocenters. The highest BCUT2D eigenvalue weighted by Crippen LogP contribution is 2.44. The number of carbonyl (C=O) groups is 2. The van der Waals surface area contributed by atoms with Crippen molar-refractivity contribution in [1.82, 2.24) is 25.1 Å². The molecule has 2 aromatic rings. The Hall–Kier alpha value is -2.94. The molecule has 0 radical (unpaired) electrons. The number of rotatable bonds is 8. The Balaban J connectivity index is 1.14. The summed E-state index contributed by atoms with van der Waals surface area (Å²) in [5.41, 5.74) is 3.08. The van der Waals surface area contributed by atoms with Gasteiger partial charge in [0.1, 0.15) is 6.33 Å². The monoisotopic (exact) mass is 511 g/mol. The Morgan fingerprint density at radius 1 is 1.03 bits per heavy atom. The summed E-state index contributed by atoms with van der Waals surface area (Å²) in [4.78, 5) is 38.6. The number of amides is 2. The van der Waals surface area contributed by atoms with Gasteiger partial charge in [0, 0.05) is 52.0 Å². The molecule has 9 heteroatoms. The van der Waals surface area contributed by atoms with E-state index in [0.29, 0.717) is 17.4 Å². The first-order valence-corrected chi connectivity index (χ1v) is 13.2. The van der Waals surface area contributed by atoms with Crippen LogP contribution in [0.1, 0.15) is 59.0 Å². The highest BCUT2D eigenvalue weighted by molar-refractivity contribution is 5.96. The quantitative estimate of drug-likeness (QED) is 0.584. The summed E-state index contributed by atoms with van der Waals surface area (Å²) in [7, 11) is 0. The van der Waals surface area contributed by atoms with Gasteiger partial charge in [-0.15, -0.1) is 0 Å². The Labute approximate surface area is 216 Å². The molecule has 5 rings (SSSR count). The van der Waals surface area contributed by atoms with Gasteiger partial charge in [0.05, 0.1) is 23.0 Å². The number of fused-ring (bicyclic) bond motifs is 1. The standard InChI is InChI=1S/C28H35F2N5O2/c1-18-26(19(2)32-17-31-18)27(37)35-15-22-13-34(14-23(22)16-35)9-8-24(21-6-4-3-5-7-21)33-25(36)10-20-11-28(29,30)12-20/h3-7,17,20,22-24H,8-16H2,1-2H3,(H,33,36)/t22-,23+,24-/m0/s1. The predicted molar refractivity (Wildman–Crippen MR) is 135 cm³/mol. The van der Waals surface area contributed by atoms with Gasteiger partial charge in [0.15, 0.2) is 0 Å². The lowest BCUT2D eigenvalue weighted by Crippen LogP contribution is -2.40. The molecule has 1 saturated carbocycles. The number of aryl methyl sites for hydroxylation is 2. The molecule has 1 aromatic carbocycles. The Morgan fingerprint density at radius 2 is 1.65 bits per heavy atom. The SMILES string of the molecule is Cc1ncnc(C)c1C(=O)N1C[C@H]2CN(CC[C@H](NC(=O)CC3CC(F)(F)C3)c3ccccc3)C[C@H]2C1. The van der Waals surface area contributed by atoms with Crippen LogP contribution in [0.15, 0.2) is 36.7 Å². The summed E-state index contributed by atoms with van der Waals surface area (Å²) in [6, 6.07) is 9.70. The smallest absolute Gasteiger partial charge is 0.257 e. The van der Waals surface area contributed by atoms with Crippen molar-refractivity contribution in [2.45, 2.75) is 51.5 Å². The molecule has 3 aliphatic rings. The number of likely N-dealkylation sites (tertiary alicyclic amines) is 2. The van der Waals surface area contributed by atoms with E-state index < -0.39 is 5.92 Å².